The molecule has 0 unspecified atom stereocenters. The predicted octanol–water partition coefficient (Wildman–Crippen LogP) is 7.30. The Morgan fingerprint density at radius 1 is 1.02 bits per heavy atom. The summed E-state index contributed by atoms with van der Waals surface area (Å²) in [5.74, 6) is 0.564. The number of ketones is 2. The van der Waals surface area contributed by atoms with Crippen LogP contribution in [0.25, 0.3) is 0 Å². The molecule has 0 amide bonds. The fraction of sp³-hybridized carbons (Fsp3) is 0.771. The van der Waals surface area contributed by atoms with E-state index in [1.165, 1.54) is 18.9 Å². The molecule has 0 aromatic rings. The topological polar surface area (TPSA) is 84.2 Å². The summed E-state index contributed by atoms with van der Waals surface area (Å²) in [6, 6.07) is 2.24. The number of ether oxygens (including phenoxy) is 1. The Kier molecular flexibility index (Phi) is 6.04. The lowest BCUT2D eigenvalue weighted by Crippen LogP contribution is -2.64. The highest BCUT2D eigenvalue weighted by molar-refractivity contribution is 6.06. The smallest absolute Gasteiger partial charge is 0.302 e. The third-order valence-electron chi connectivity index (χ3n) is 13.6. The highest BCUT2D eigenvalue weighted by Gasteiger charge is 2.72. The quantitative estimate of drug-likeness (QED) is 0.273. The van der Waals surface area contributed by atoms with E-state index in [9.17, 15) is 19.6 Å². The standard InChI is InChI=1S/C35H47NO4/c1-22(37)40-17-7-9-34-13-11-30(2,3)20-24(34)28-25(38)18-27-31(4)19-23(21-36)29(39)35(15-16-35)26(31)8-10-32(27,5)33(28,6)12-14-34/h18-19,24,26,28H,7-17,20H2,1-6H3/t24-,26+,28-,31-,32+,33+,34+/m0/s1. The average Bonchev–Trinajstić information content (AvgIpc) is 3.67. The van der Waals surface area contributed by atoms with Crippen LogP contribution < -0.4 is 0 Å². The summed E-state index contributed by atoms with van der Waals surface area (Å²) in [4.78, 5) is 39.3. The molecule has 0 aliphatic heterocycles. The number of Topliss-reactive ketones (excluding diaryl/α,β-unsaturated/α-hetero) is 1. The molecule has 7 atom stereocenters. The van der Waals surface area contributed by atoms with Crippen molar-refractivity contribution >= 4 is 17.5 Å². The molecule has 0 heterocycles. The molecule has 4 fully saturated rings. The van der Waals surface area contributed by atoms with Gasteiger partial charge in [-0.3, -0.25) is 14.4 Å². The largest absolute Gasteiger partial charge is 0.466 e. The minimum Gasteiger partial charge on any atom is -0.466 e. The molecule has 0 bridgehead atoms. The van der Waals surface area contributed by atoms with Crippen LogP contribution in [0.15, 0.2) is 23.3 Å². The Hall–Kier alpha value is -2.22. The molecule has 1 spiro atoms. The van der Waals surface area contributed by atoms with Crippen molar-refractivity contribution in [3.05, 3.63) is 23.3 Å². The first-order chi connectivity index (χ1) is 18.7. The molecule has 6 aliphatic rings. The second kappa shape index (κ2) is 8.65. The molecule has 6 aliphatic carbocycles. The van der Waals surface area contributed by atoms with E-state index >= 15 is 0 Å². The zero-order chi connectivity index (χ0) is 28.9. The van der Waals surface area contributed by atoms with Crippen molar-refractivity contribution in [3.63, 3.8) is 0 Å². The summed E-state index contributed by atoms with van der Waals surface area (Å²) in [5.41, 5.74) is 0.666. The number of nitrogens with zero attached hydrogens (tertiary/aromatic N) is 1. The molecule has 0 aromatic carbocycles. The summed E-state index contributed by atoms with van der Waals surface area (Å²) >= 11 is 0. The van der Waals surface area contributed by atoms with Crippen LogP contribution in [0.5, 0.6) is 0 Å². The number of esters is 1. The third kappa shape index (κ3) is 3.59. The van der Waals surface area contributed by atoms with Crippen LogP contribution in [0.1, 0.15) is 112 Å². The Labute approximate surface area is 240 Å². The normalized spacial score (nSPS) is 44.2. The maximum absolute atomic E-state index is 14.6. The third-order valence-corrected chi connectivity index (χ3v) is 13.6. The number of fused-ring (bicyclic) bond motifs is 8. The molecule has 4 saturated carbocycles. The second-order valence-electron chi connectivity index (χ2n) is 16.0. The number of carbonyl (C=O) groups is 3. The van der Waals surface area contributed by atoms with Crippen LogP contribution in [0.3, 0.4) is 0 Å². The molecular weight excluding hydrogens is 498 g/mol. The van der Waals surface area contributed by atoms with E-state index in [-0.39, 0.29) is 51.0 Å². The van der Waals surface area contributed by atoms with Crippen molar-refractivity contribution in [1.82, 2.24) is 0 Å². The molecular formula is C35H47NO4. The molecule has 0 saturated heterocycles. The van der Waals surface area contributed by atoms with Gasteiger partial charge in [0.05, 0.1) is 12.2 Å². The first-order valence-corrected chi connectivity index (χ1v) is 15.8. The highest BCUT2D eigenvalue weighted by atomic mass is 16.5. The van der Waals surface area contributed by atoms with Crippen LogP contribution in [0, 0.1) is 61.6 Å². The van der Waals surface area contributed by atoms with Crippen LogP contribution in [0.4, 0.5) is 0 Å². The van der Waals surface area contributed by atoms with Crippen molar-refractivity contribution in [3.8, 4) is 6.07 Å². The van der Waals surface area contributed by atoms with E-state index in [2.05, 4.69) is 40.7 Å². The van der Waals surface area contributed by atoms with E-state index in [0.717, 1.165) is 64.2 Å². The first kappa shape index (κ1) is 27.9. The van der Waals surface area contributed by atoms with Crippen molar-refractivity contribution in [2.24, 2.45) is 50.2 Å². The Balaban J connectivity index is 1.43. The van der Waals surface area contributed by atoms with E-state index in [1.807, 2.05) is 12.2 Å². The summed E-state index contributed by atoms with van der Waals surface area (Å²) in [5, 5.41) is 9.95. The zero-order valence-electron chi connectivity index (χ0n) is 25.5. The Morgan fingerprint density at radius 3 is 2.38 bits per heavy atom. The fourth-order valence-corrected chi connectivity index (χ4v) is 11.2. The zero-order valence-corrected chi connectivity index (χ0v) is 25.5. The van der Waals surface area contributed by atoms with Crippen molar-refractivity contribution in [2.75, 3.05) is 6.61 Å². The van der Waals surface area contributed by atoms with Gasteiger partial charge in [0.15, 0.2) is 11.6 Å². The highest BCUT2D eigenvalue weighted by Crippen LogP contribution is 2.77. The Bertz CT molecular complexity index is 1280. The second-order valence-corrected chi connectivity index (χ2v) is 16.0. The number of rotatable bonds is 4. The van der Waals surface area contributed by atoms with Crippen molar-refractivity contribution in [1.29, 1.82) is 5.26 Å². The number of nitriles is 1. The van der Waals surface area contributed by atoms with Gasteiger partial charge >= 0.3 is 5.97 Å². The molecule has 5 heteroatoms. The van der Waals surface area contributed by atoms with E-state index in [1.54, 1.807) is 0 Å². The molecule has 216 valence electrons. The number of hydrogen-bond acceptors (Lipinski definition) is 5. The number of carbonyl (C=O) groups excluding carboxylic acids is 3. The number of hydrogen-bond donors (Lipinski definition) is 0. The van der Waals surface area contributed by atoms with E-state index in [0.29, 0.717) is 18.1 Å². The van der Waals surface area contributed by atoms with Gasteiger partial charge in [-0.15, -0.1) is 0 Å². The van der Waals surface area contributed by atoms with Gasteiger partial charge in [-0.05, 0) is 110 Å². The molecule has 6 rings (SSSR count). The van der Waals surface area contributed by atoms with Gasteiger partial charge in [-0.2, -0.15) is 5.26 Å². The lowest BCUT2D eigenvalue weighted by molar-refractivity contribution is -0.172. The Morgan fingerprint density at radius 2 is 1.73 bits per heavy atom. The van der Waals surface area contributed by atoms with Crippen LogP contribution in [0.2, 0.25) is 0 Å². The maximum Gasteiger partial charge on any atom is 0.302 e. The van der Waals surface area contributed by atoms with E-state index < -0.39 is 10.8 Å². The summed E-state index contributed by atoms with van der Waals surface area (Å²) in [7, 11) is 0. The summed E-state index contributed by atoms with van der Waals surface area (Å²) in [6.45, 7) is 13.7. The summed E-state index contributed by atoms with van der Waals surface area (Å²) in [6.07, 6.45) is 15.1. The van der Waals surface area contributed by atoms with Crippen molar-refractivity contribution in [2.45, 2.75) is 112 Å². The SMILES string of the molecule is CC(=O)OCCC[C@]12CCC(C)(C)C[C@H]1[C@H]1C(=O)C=C3[C@@]4(C)C=C(C#N)C(=O)C5(CC5)[C@@H]4CC[C@@]3(C)[C@]1(C)CC2. The average molecular weight is 546 g/mol. The van der Waals surface area contributed by atoms with Crippen LogP contribution >= 0.6 is 0 Å². The van der Waals surface area contributed by atoms with Gasteiger partial charge in [0.25, 0.3) is 0 Å². The van der Waals surface area contributed by atoms with Gasteiger partial charge in [-0.1, -0.05) is 46.3 Å². The molecule has 0 radical (unpaired) electrons. The summed E-state index contributed by atoms with van der Waals surface area (Å²) < 4.78 is 5.33. The van der Waals surface area contributed by atoms with Gasteiger partial charge in [0.2, 0.25) is 0 Å². The minimum absolute atomic E-state index is 0.0250. The van der Waals surface area contributed by atoms with Gasteiger partial charge in [0.1, 0.15) is 6.07 Å². The monoisotopic (exact) mass is 545 g/mol. The lowest BCUT2D eigenvalue weighted by atomic mass is 9.34. The van der Waals surface area contributed by atoms with E-state index in [4.69, 9.17) is 4.74 Å². The first-order valence-electron chi connectivity index (χ1n) is 15.8. The molecule has 0 N–H and O–H groups in total. The van der Waals surface area contributed by atoms with Crippen LogP contribution in [-0.4, -0.2) is 24.1 Å². The predicted molar refractivity (Wildman–Crippen MR) is 153 cm³/mol. The molecule has 40 heavy (non-hydrogen) atoms. The lowest BCUT2D eigenvalue weighted by Gasteiger charge is -2.69. The van der Waals surface area contributed by atoms with Crippen LogP contribution in [-0.2, 0) is 19.1 Å². The van der Waals surface area contributed by atoms with Crippen molar-refractivity contribution < 1.29 is 19.1 Å². The minimum atomic E-state index is -0.434. The molecule has 0 aromatic heterocycles. The fourth-order valence-electron chi connectivity index (χ4n) is 11.2. The van der Waals surface area contributed by atoms with Gasteiger partial charge in [0, 0.05) is 23.7 Å². The van der Waals surface area contributed by atoms with Gasteiger partial charge in [-0.25, -0.2) is 0 Å². The molecule has 5 nitrogen and oxygen atoms in total. The maximum atomic E-state index is 14.6. The van der Waals surface area contributed by atoms with Gasteiger partial charge < -0.3 is 4.74 Å². The number of allylic oxidation sites excluding steroid dienone is 4.